The molecule has 2 aliphatic rings. The first-order valence-electron chi connectivity index (χ1n) is 11.2. The number of benzene rings is 2. The lowest BCUT2D eigenvalue weighted by Crippen LogP contribution is -2.49. The predicted octanol–water partition coefficient (Wildman–Crippen LogP) is 2.74. The molecule has 2 aromatic carbocycles. The molecule has 0 bridgehead atoms. The van der Waals surface area contributed by atoms with Crippen LogP contribution in [0.25, 0.3) is 11.1 Å². The molecule has 1 aliphatic carbocycles. The first-order valence-corrected chi connectivity index (χ1v) is 11.2. The Labute approximate surface area is 192 Å². The summed E-state index contributed by atoms with van der Waals surface area (Å²) in [5.41, 5.74) is 4.47. The van der Waals surface area contributed by atoms with E-state index in [1.54, 1.807) is 0 Å². The van der Waals surface area contributed by atoms with E-state index < -0.39 is 30.1 Å². The fourth-order valence-corrected chi connectivity index (χ4v) is 4.73. The number of carbonyl (C=O) groups is 3. The van der Waals surface area contributed by atoms with Crippen LogP contribution in [0.1, 0.15) is 42.7 Å². The van der Waals surface area contributed by atoms with Crippen molar-refractivity contribution in [3.63, 3.8) is 0 Å². The summed E-state index contributed by atoms with van der Waals surface area (Å²) in [6.07, 6.45) is -0.155. The molecule has 4 rings (SSSR count). The van der Waals surface area contributed by atoms with Crippen molar-refractivity contribution in [2.24, 2.45) is 0 Å². The van der Waals surface area contributed by atoms with Crippen molar-refractivity contribution in [3.8, 4) is 11.1 Å². The highest BCUT2D eigenvalue weighted by Crippen LogP contribution is 2.44. The van der Waals surface area contributed by atoms with Crippen LogP contribution in [0.5, 0.6) is 0 Å². The van der Waals surface area contributed by atoms with E-state index >= 15 is 0 Å². The molecule has 8 heteroatoms. The number of fused-ring (bicyclic) bond motifs is 3. The number of piperidine rings is 1. The molecule has 1 aliphatic heterocycles. The summed E-state index contributed by atoms with van der Waals surface area (Å²) in [6.45, 7) is 0.360. The molecule has 33 heavy (non-hydrogen) atoms. The Bertz CT molecular complexity index is 994. The first-order chi connectivity index (χ1) is 16.0. The maximum atomic E-state index is 12.5. The fraction of sp³-hybridized carbons (Fsp3) is 0.400. The van der Waals surface area contributed by atoms with Crippen molar-refractivity contribution in [1.29, 1.82) is 0 Å². The van der Waals surface area contributed by atoms with Crippen LogP contribution in [0.4, 0.5) is 4.79 Å². The molecule has 2 aromatic rings. The number of carboxylic acid groups (broad SMARTS) is 1. The average Bonchev–Trinajstić information content (AvgIpc) is 3.15. The zero-order chi connectivity index (χ0) is 23.4. The third kappa shape index (κ3) is 5.01. The molecule has 2 atom stereocenters. The summed E-state index contributed by atoms with van der Waals surface area (Å²) in [5.74, 6) is -1.53. The third-order valence-corrected chi connectivity index (χ3v) is 6.34. The Morgan fingerprint density at radius 2 is 1.67 bits per heavy atom. The number of carboxylic acids is 1. The van der Waals surface area contributed by atoms with Crippen LogP contribution in [-0.2, 0) is 14.3 Å². The molecule has 1 heterocycles. The first kappa shape index (κ1) is 22.8. The monoisotopic (exact) mass is 452 g/mol. The molecule has 0 radical (unpaired) electrons. The fourth-order valence-electron chi connectivity index (χ4n) is 4.73. The normalized spacial score (nSPS) is 18.2. The SMILES string of the molecule is O=C(NCC(O)CC(=O)N1CCCCC1C(=O)O)OCC1c2ccccc2-c2ccccc21. The van der Waals surface area contributed by atoms with Gasteiger partial charge < -0.3 is 25.2 Å². The largest absolute Gasteiger partial charge is 0.480 e. The van der Waals surface area contributed by atoms with Gasteiger partial charge in [-0.15, -0.1) is 0 Å². The standard InChI is InChI=1S/C25H28N2O6/c28-16(13-23(29)27-12-6-5-11-22(27)24(30)31)14-26-25(32)33-15-21-19-9-3-1-7-17(19)18-8-2-4-10-20(18)21/h1-4,7-10,16,21-22,28H,5-6,11-15H2,(H,26,32)(H,30,31). The van der Waals surface area contributed by atoms with Gasteiger partial charge in [0, 0.05) is 19.0 Å². The molecule has 2 unspecified atom stereocenters. The molecule has 1 saturated heterocycles. The van der Waals surface area contributed by atoms with Gasteiger partial charge in [-0.25, -0.2) is 9.59 Å². The number of carbonyl (C=O) groups excluding carboxylic acids is 2. The number of aliphatic hydroxyl groups is 1. The highest BCUT2D eigenvalue weighted by atomic mass is 16.5. The molecule has 174 valence electrons. The molecule has 0 aromatic heterocycles. The number of nitrogens with zero attached hydrogens (tertiary/aromatic N) is 1. The smallest absolute Gasteiger partial charge is 0.407 e. The molecule has 0 spiro atoms. The van der Waals surface area contributed by atoms with E-state index in [1.165, 1.54) is 4.90 Å². The van der Waals surface area contributed by atoms with Crippen molar-refractivity contribution in [3.05, 3.63) is 59.7 Å². The highest BCUT2D eigenvalue weighted by Gasteiger charge is 2.33. The number of alkyl carbamates (subject to hydrolysis) is 1. The number of aliphatic carboxylic acids is 1. The van der Waals surface area contributed by atoms with Crippen LogP contribution in [0.15, 0.2) is 48.5 Å². The van der Waals surface area contributed by atoms with Crippen LogP contribution in [0.3, 0.4) is 0 Å². The van der Waals surface area contributed by atoms with E-state index in [0.29, 0.717) is 13.0 Å². The zero-order valence-corrected chi connectivity index (χ0v) is 18.3. The Kier molecular flexibility index (Phi) is 6.93. The topological polar surface area (TPSA) is 116 Å². The van der Waals surface area contributed by atoms with Gasteiger partial charge in [-0.1, -0.05) is 48.5 Å². The maximum absolute atomic E-state index is 12.5. The number of likely N-dealkylation sites (tertiary alicyclic amines) is 1. The molecule has 2 amide bonds. The van der Waals surface area contributed by atoms with Gasteiger partial charge in [0.15, 0.2) is 0 Å². The van der Waals surface area contributed by atoms with Crippen LogP contribution in [-0.4, -0.2) is 64.9 Å². The minimum atomic E-state index is -1.13. The molecule has 0 saturated carbocycles. The second kappa shape index (κ2) is 10.0. The lowest BCUT2D eigenvalue weighted by molar-refractivity contribution is -0.152. The minimum Gasteiger partial charge on any atom is -0.480 e. The van der Waals surface area contributed by atoms with E-state index in [1.807, 2.05) is 36.4 Å². The lowest BCUT2D eigenvalue weighted by atomic mass is 9.98. The van der Waals surface area contributed by atoms with Gasteiger partial charge in [0.05, 0.1) is 12.5 Å². The van der Waals surface area contributed by atoms with Crippen molar-refractivity contribution < 1.29 is 29.3 Å². The highest BCUT2D eigenvalue weighted by molar-refractivity contribution is 5.84. The summed E-state index contributed by atoms with van der Waals surface area (Å²) < 4.78 is 5.43. The van der Waals surface area contributed by atoms with Crippen LogP contribution in [0.2, 0.25) is 0 Å². The summed E-state index contributed by atoms with van der Waals surface area (Å²) in [4.78, 5) is 37.4. The third-order valence-electron chi connectivity index (χ3n) is 6.34. The molecule has 8 nitrogen and oxygen atoms in total. The second-order valence-electron chi connectivity index (χ2n) is 8.50. The summed E-state index contributed by atoms with van der Waals surface area (Å²) in [5, 5.41) is 22.0. The van der Waals surface area contributed by atoms with Gasteiger partial charge in [-0.05, 0) is 41.5 Å². The van der Waals surface area contributed by atoms with E-state index in [-0.39, 0.29) is 25.5 Å². The minimum absolute atomic E-state index is 0.0679. The second-order valence-corrected chi connectivity index (χ2v) is 8.50. The number of hydrogen-bond acceptors (Lipinski definition) is 5. The maximum Gasteiger partial charge on any atom is 0.407 e. The van der Waals surface area contributed by atoms with E-state index in [0.717, 1.165) is 35.1 Å². The van der Waals surface area contributed by atoms with E-state index in [9.17, 15) is 24.6 Å². The Morgan fingerprint density at radius 3 is 2.30 bits per heavy atom. The van der Waals surface area contributed by atoms with E-state index in [2.05, 4.69) is 17.4 Å². The average molecular weight is 453 g/mol. The number of amides is 2. The predicted molar refractivity (Wildman–Crippen MR) is 121 cm³/mol. The van der Waals surface area contributed by atoms with Gasteiger partial charge >= 0.3 is 12.1 Å². The lowest BCUT2D eigenvalue weighted by Gasteiger charge is -2.33. The van der Waals surface area contributed by atoms with Crippen LogP contribution in [0, 0.1) is 0 Å². The number of nitrogens with one attached hydrogen (secondary N) is 1. The molecule has 3 N–H and O–H groups in total. The number of aliphatic hydroxyl groups excluding tert-OH is 1. The van der Waals surface area contributed by atoms with Crippen molar-refractivity contribution in [2.45, 2.75) is 43.7 Å². The van der Waals surface area contributed by atoms with Gasteiger partial charge in [-0.3, -0.25) is 4.79 Å². The molecular weight excluding hydrogens is 424 g/mol. The van der Waals surface area contributed by atoms with Crippen molar-refractivity contribution in [1.82, 2.24) is 10.2 Å². The van der Waals surface area contributed by atoms with Crippen LogP contribution >= 0.6 is 0 Å². The number of rotatable bonds is 7. The summed E-state index contributed by atoms with van der Waals surface area (Å²) in [6, 6.07) is 15.2. The van der Waals surface area contributed by atoms with Gasteiger partial charge in [0.25, 0.3) is 0 Å². The Hall–Kier alpha value is -3.39. The van der Waals surface area contributed by atoms with Gasteiger partial charge in [-0.2, -0.15) is 0 Å². The molecular formula is C25H28N2O6. The quantitative estimate of drug-likeness (QED) is 0.595. The van der Waals surface area contributed by atoms with Crippen molar-refractivity contribution >= 4 is 18.0 Å². The number of ether oxygens (including phenoxy) is 1. The van der Waals surface area contributed by atoms with Gasteiger partial charge in [0.1, 0.15) is 12.6 Å². The molecule has 1 fully saturated rings. The van der Waals surface area contributed by atoms with Crippen LogP contribution < -0.4 is 5.32 Å². The summed E-state index contributed by atoms with van der Waals surface area (Å²) >= 11 is 0. The summed E-state index contributed by atoms with van der Waals surface area (Å²) in [7, 11) is 0. The zero-order valence-electron chi connectivity index (χ0n) is 18.3. The Morgan fingerprint density at radius 1 is 1.03 bits per heavy atom. The van der Waals surface area contributed by atoms with E-state index in [4.69, 9.17) is 4.74 Å². The number of hydrogen-bond donors (Lipinski definition) is 3. The Balaban J connectivity index is 1.27. The van der Waals surface area contributed by atoms with Gasteiger partial charge in [0.2, 0.25) is 5.91 Å². The van der Waals surface area contributed by atoms with Crippen molar-refractivity contribution in [2.75, 3.05) is 19.7 Å².